The molecule has 2 heteroatoms. The third kappa shape index (κ3) is 2.11. The van der Waals surface area contributed by atoms with Crippen molar-refractivity contribution in [2.75, 3.05) is 0 Å². The zero-order chi connectivity index (χ0) is 8.97. The molecule has 1 heterocycles. The van der Waals surface area contributed by atoms with E-state index in [9.17, 15) is 0 Å². The fourth-order valence-electron chi connectivity index (χ4n) is 1.01. The number of hydrogen-bond donors (Lipinski definition) is 0. The summed E-state index contributed by atoms with van der Waals surface area (Å²) in [7, 11) is 0. The molecule has 1 aromatic heterocycles. The third-order valence-electron chi connectivity index (χ3n) is 1.34. The van der Waals surface area contributed by atoms with Crippen molar-refractivity contribution in [3.8, 4) is 17.9 Å². The maximum absolute atomic E-state index is 8.23. The minimum Gasteiger partial charge on any atom is -0.258 e. The summed E-state index contributed by atoms with van der Waals surface area (Å²) >= 11 is 0. The Labute approximate surface area is 71.9 Å². The molecule has 12 heavy (non-hydrogen) atoms. The molecule has 0 amide bonds. The van der Waals surface area contributed by atoms with E-state index in [1.54, 1.807) is 6.07 Å². The van der Waals surface area contributed by atoms with E-state index in [0.29, 0.717) is 0 Å². The molecule has 0 N–H and O–H groups in total. The summed E-state index contributed by atoms with van der Waals surface area (Å²) in [6.45, 7) is 3.81. The van der Waals surface area contributed by atoms with E-state index in [1.807, 2.05) is 26.0 Å². The molecule has 0 bridgehead atoms. The smallest absolute Gasteiger partial charge is 0.152 e. The molecule has 0 spiro atoms. The van der Waals surface area contributed by atoms with Gasteiger partial charge in [0, 0.05) is 22.9 Å². The Kier molecular flexibility index (Phi) is 2.46. The van der Waals surface area contributed by atoms with E-state index in [2.05, 4.69) is 16.8 Å². The van der Waals surface area contributed by atoms with Gasteiger partial charge in [0.25, 0.3) is 0 Å². The first-order chi connectivity index (χ1) is 5.72. The van der Waals surface area contributed by atoms with Crippen molar-refractivity contribution in [1.82, 2.24) is 4.98 Å². The van der Waals surface area contributed by atoms with Crippen LogP contribution >= 0.6 is 0 Å². The van der Waals surface area contributed by atoms with Crippen molar-refractivity contribution in [2.24, 2.45) is 0 Å². The van der Waals surface area contributed by atoms with E-state index < -0.39 is 0 Å². The van der Waals surface area contributed by atoms with Gasteiger partial charge in [0.05, 0.1) is 0 Å². The molecule has 1 aromatic rings. The minimum absolute atomic E-state index is 0.849. The van der Waals surface area contributed by atoms with E-state index in [1.165, 1.54) is 0 Å². The first kappa shape index (κ1) is 8.30. The molecule has 58 valence electrons. The second-order valence-electron chi connectivity index (χ2n) is 2.50. The molecule has 0 unspecified atom stereocenters. The summed E-state index contributed by atoms with van der Waals surface area (Å²) < 4.78 is 0. The Morgan fingerprint density at radius 1 is 1.25 bits per heavy atom. The maximum Gasteiger partial charge on any atom is 0.152 e. The molecule has 0 aromatic carbocycles. The SMILES string of the molecule is Cc1cc(C#CC#N)cc(C)n1. The van der Waals surface area contributed by atoms with Crippen molar-refractivity contribution < 1.29 is 0 Å². The van der Waals surface area contributed by atoms with Crippen LogP contribution in [0.5, 0.6) is 0 Å². The first-order valence-corrected chi connectivity index (χ1v) is 3.58. The van der Waals surface area contributed by atoms with Gasteiger partial charge in [-0.2, -0.15) is 5.26 Å². The number of nitriles is 1. The number of aromatic nitrogens is 1. The number of rotatable bonds is 0. The second-order valence-corrected chi connectivity index (χ2v) is 2.50. The molecule has 2 nitrogen and oxygen atoms in total. The van der Waals surface area contributed by atoms with Gasteiger partial charge in [-0.3, -0.25) is 4.98 Å². The highest BCUT2D eigenvalue weighted by atomic mass is 14.7. The first-order valence-electron chi connectivity index (χ1n) is 3.58. The van der Waals surface area contributed by atoms with Gasteiger partial charge in [-0.1, -0.05) is 5.92 Å². The lowest BCUT2D eigenvalue weighted by Crippen LogP contribution is -1.87. The van der Waals surface area contributed by atoms with E-state index in [-0.39, 0.29) is 0 Å². The fraction of sp³-hybridized carbons (Fsp3) is 0.200. The van der Waals surface area contributed by atoms with Gasteiger partial charge < -0.3 is 0 Å². The Morgan fingerprint density at radius 3 is 2.33 bits per heavy atom. The maximum atomic E-state index is 8.23. The van der Waals surface area contributed by atoms with Crippen LogP contribution in [0, 0.1) is 37.0 Å². The molecule has 0 radical (unpaired) electrons. The lowest BCUT2D eigenvalue weighted by molar-refractivity contribution is 1.12. The summed E-state index contributed by atoms with van der Waals surface area (Å²) in [4.78, 5) is 4.19. The zero-order valence-corrected chi connectivity index (χ0v) is 7.05. The zero-order valence-electron chi connectivity index (χ0n) is 7.05. The molecular formula is C10H8N2. The van der Waals surface area contributed by atoms with Crippen LogP contribution in [0.3, 0.4) is 0 Å². The summed E-state index contributed by atoms with van der Waals surface area (Å²) in [5.41, 5.74) is 2.70. The van der Waals surface area contributed by atoms with Crippen molar-refractivity contribution in [1.29, 1.82) is 5.26 Å². The summed E-state index contributed by atoms with van der Waals surface area (Å²) in [5.74, 6) is 5.07. The van der Waals surface area contributed by atoms with Crippen LogP contribution in [-0.2, 0) is 0 Å². The Hall–Kier alpha value is -1.80. The van der Waals surface area contributed by atoms with Crippen LogP contribution in [0.1, 0.15) is 17.0 Å². The van der Waals surface area contributed by atoms with Gasteiger partial charge in [-0.15, -0.1) is 0 Å². The second kappa shape index (κ2) is 3.55. The van der Waals surface area contributed by atoms with Crippen molar-refractivity contribution >= 4 is 0 Å². The Balaban J connectivity index is 3.11. The predicted molar refractivity (Wildman–Crippen MR) is 46.2 cm³/mol. The number of nitrogens with zero attached hydrogens (tertiary/aromatic N) is 2. The van der Waals surface area contributed by atoms with Gasteiger partial charge in [0.2, 0.25) is 0 Å². The molecule has 0 saturated heterocycles. The van der Waals surface area contributed by atoms with Crippen LogP contribution in [-0.4, -0.2) is 4.98 Å². The highest BCUT2D eigenvalue weighted by Crippen LogP contribution is 2.02. The minimum atomic E-state index is 0.849. The summed E-state index contributed by atoms with van der Waals surface area (Å²) in [6.07, 6.45) is 0. The van der Waals surface area contributed by atoms with Crippen molar-refractivity contribution in [3.63, 3.8) is 0 Å². The predicted octanol–water partition coefficient (Wildman–Crippen LogP) is 1.57. The van der Waals surface area contributed by atoms with Crippen LogP contribution in [0.25, 0.3) is 0 Å². The van der Waals surface area contributed by atoms with Gasteiger partial charge in [-0.05, 0) is 26.0 Å². The van der Waals surface area contributed by atoms with Crippen LogP contribution in [0.2, 0.25) is 0 Å². The highest BCUT2D eigenvalue weighted by molar-refractivity contribution is 5.39. The van der Waals surface area contributed by atoms with Crippen molar-refractivity contribution in [2.45, 2.75) is 13.8 Å². The Bertz CT molecular complexity index is 368. The van der Waals surface area contributed by atoms with Crippen molar-refractivity contribution in [3.05, 3.63) is 29.1 Å². The van der Waals surface area contributed by atoms with E-state index >= 15 is 0 Å². The monoisotopic (exact) mass is 156 g/mol. The molecule has 0 fully saturated rings. The van der Waals surface area contributed by atoms with Crippen LogP contribution < -0.4 is 0 Å². The van der Waals surface area contributed by atoms with Gasteiger partial charge >= 0.3 is 0 Å². The van der Waals surface area contributed by atoms with Gasteiger partial charge in [0.1, 0.15) is 0 Å². The highest BCUT2D eigenvalue weighted by Gasteiger charge is 1.92. The molecule has 1 rings (SSSR count). The average Bonchev–Trinajstić information content (AvgIpc) is 1.99. The topological polar surface area (TPSA) is 36.7 Å². The molecule has 0 atom stereocenters. The molecule has 0 aliphatic carbocycles. The van der Waals surface area contributed by atoms with Gasteiger partial charge in [0.15, 0.2) is 6.07 Å². The molecule has 0 aliphatic rings. The lowest BCUT2D eigenvalue weighted by Gasteiger charge is -1.95. The van der Waals surface area contributed by atoms with E-state index in [4.69, 9.17) is 5.26 Å². The average molecular weight is 156 g/mol. The molecule has 0 saturated carbocycles. The number of hydrogen-bond acceptors (Lipinski definition) is 2. The molecular weight excluding hydrogens is 148 g/mol. The van der Waals surface area contributed by atoms with Crippen LogP contribution in [0.15, 0.2) is 12.1 Å². The normalized spacial score (nSPS) is 8.08. The number of pyridine rings is 1. The third-order valence-corrected chi connectivity index (χ3v) is 1.34. The summed E-state index contributed by atoms with van der Waals surface area (Å²) in [6, 6.07) is 5.49. The number of aryl methyl sites for hydroxylation is 2. The molecule has 0 aliphatic heterocycles. The quantitative estimate of drug-likeness (QED) is 0.534. The lowest BCUT2D eigenvalue weighted by atomic mass is 10.2. The summed E-state index contributed by atoms with van der Waals surface area (Å²) in [5, 5.41) is 8.23. The Morgan fingerprint density at radius 2 is 1.83 bits per heavy atom. The van der Waals surface area contributed by atoms with Crippen LogP contribution in [0.4, 0.5) is 0 Å². The van der Waals surface area contributed by atoms with Gasteiger partial charge in [-0.25, -0.2) is 0 Å². The van der Waals surface area contributed by atoms with E-state index in [0.717, 1.165) is 17.0 Å². The fourth-order valence-corrected chi connectivity index (χ4v) is 1.01. The standard InChI is InChI=1S/C10H8N2/c1-8-6-10(4-3-5-11)7-9(2)12-8/h6-7H,1-2H3. The largest absolute Gasteiger partial charge is 0.258 e.